The molecule has 100 valence electrons. The number of aromatic amines is 1. The summed E-state index contributed by atoms with van der Waals surface area (Å²) in [6.07, 6.45) is 2.41. The summed E-state index contributed by atoms with van der Waals surface area (Å²) in [5, 5.41) is 0. The topological polar surface area (TPSA) is 31.9 Å². The van der Waals surface area contributed by atoms with E-state index in [2.05, 4.69) is 51.3 Å². The van der Waals surface area contributed by atoms with Gasteiger partial charge in [0.25, 0.3) is 0 Å². The molecule has 3 heteroatoms. The van der Waals surface area contributed by atoms with Gasteiger partial charge in [0.1, 0.15) is 5.82 Å². The Morgan fingerprint density at radius 1 is 1.05 bits per heavy atom. The maximum Gasteiger partial charge on any atom is 0.126 e. The molecule has 1 aromatic heterocycles. The third-order valence-corrected chi connectivity index (χ3v) is 3.99. The summed E-state index contributed by atoms with van der Waals surface area (Å²) in [4.78, 5) is 10.5. The summed E-state index contributed by atoms with van der Waals surface area (Å²) in [5.41, 5.74) is 4.98. The van der Waals surface area contributed by atoms with Crippen molar-refractivity contribution >= 4 is 16.7 Å². The molecule has 2 heterocycles. The molecule has 0 bridgehead atoms. The molecule has 0 saturated heterocycles. The second-order valence-corrected chi connectivity index (χ2v) is 5.35. The number of imidazole rings is 1. The first-order chi connectivity index (χ1) is 9.90. The largest absolute Gasteiger partial charge is 0.364 e. The Bertz CT molecular complexity index is 712. The lowest BCUT2D eigenvalue weighted by Gasteiger charge is -2.30. The Morgan fingerprint density at radius 3 is 2.85 bits per heavy atom. The van der Waals surface area contributed by atoms with E-state index >= 15 is 0 Å². The molecule has 4 rings (SSSR count). The fourth-order valence-electron chi connectivity index (χ4n) is 3.04. The molecular weight excluding hydrogens is 246 g/mol. The number of para-hydroxylation sites is 3. The Labute approximate surface area is 118 Å². The number of H-pyrrole nitrogens is 1. The number of benzene rings is 2. The predicted molar refractivity (Wildman–Crippen MR) is 81.9 cm³/mol. The number of hydrogen-bond acceptors (Lipinski definition) is 2. The van der Waals surface area contributed by atoms with Gasteiger partial charge in [0, 0.05) is 12.2 Å². The molecule has 1 aliphatic rings. The Hall–Kier alpha value is -2.29. The van der Waals surface area contributed by atoms with Crippen LogP contribution in [-0.4, -0.2) is 16.5 Å². The van der Waals surface area contributed by atoms with Gasteiger partial charge in [-0.3, -0.25) is 0 Å². The maximum atomic E-state index is 4.68. The summed E-state index contributed by atoms with van der Waals surface area (Å²) in [5.74, 6) is 1.04. The molecule has 0 amide bonds. The minimum Gasteiger partial charge on any atom is -0.364 e. The van der Waals surface area contributed by atoms with Crippen molar-refractivity contribution in [2.75, 3.05) is 11.4 Å². The van der Waals surface area contributed by atoms with Gasteiger partial charge in [-0.1, -0.05) is 30.3 Å². The number of aromatic nitrogens is 2. The molecule has 0 fully saturated rings. The van der Waals surface area contributed by atoms with E-state index in [9.17, 15) is 0 Å². The van der Waals surface area contributed by atoms with E-state index < -0.39 is 0 Å². The first-order valence-electron chi connectivity index (χ1n) is 7.17. The summed E-state index contributed by atoms with van der Waals surface area (Å²) in [7, 11) is 0. The van der Waals surface area contributed by atoms with Crippen molar-refractivity contribution in [3.63, 3.8) is 0 Å². The molecule has 1 N–H and O–H groups in total. The van der Waals surface area contributed by atoms with Crippen LogP contribution in [0.15, 0.2) is 48.5 Å². The summed E-state index contributed by atoms with van der Waals surface area (Å²) >= 11 is 0. The Kier molecular flexibility index (Phi) is 2.69. The third-order valence-electron chi connectivity index (χ3n) is 3.99. The molecular formula is C17H17N3. The lowest BCUT2D eigenvalue weighted by atomic mass is 10.0. The highest BCUT2D eigenvalue weighted by Gasteiger charge is 2.17. The van der Waals surface area contributed by atoms with Crippen molar-refractivity contribution < 1.29 is 0 Å². The van der Waals surface area contributed by atoms with Crippen LogP contribution in [0.4, 0.5) is 5.69 Å². The molecule has 0 radical (unpaired) electrons. The molecule has 3 nitrogen and oxygen atoms in total. The van der Waals surface area contributed by atoms with Gasteiger partial charge in [-0.25, -0.2) is 4.98 Å². The monoisotopic (exact) mass is 263 g/mol. The van der Waals surface area contributed by atoms with E-state index in [0.29, 0.717) is 0 Å². The third kappa shape index (κ3) is 1.95. The maximum absolute atomic E-state index is 4.68. The quantitative estimate of drug-likeness (QED) is 0.767. The van der Waals surface area contributed by atoms with Gasteiger partial charge in [-0.05, 0) is 36.6 Å². The van der Waals surface area contributed by atoms with Crippen LogP contribution >= 0.6 is 0 Å². The SMILES string of the molecule is c1ccc2c(c1)CCCN2Cc1nc2ccccc2[nH]1. The normalized spacial score (nSPS) is 14.5. The highest BCUT2D eigenvalue weighted by atomic mass is 15.2. The van der Waals surface area contributed by atoms with Gasteiger partial charge in [0.05, 0.1) is 17.6 Å². The highest BCUT2D eigenvalue weighted by Crippen LogP contribution is 2.27. The standard InChI is InChI=1S/C17H17N3/c1-4-10-16-13(6-1)7-5-11-20(16)12-17-18-14-8-2-3-9-15(14)19-17/h1-4,6,8-10H,5,7,11-12H2,(H,18,19). The van der Waals surface area contributed by atoms with Gasteiger partial charge in [-0.15, -0.1) is 0 Å². The predicted octanol–water partition coefficient (Wildman–Crippen LogP) is 3.52. The lowest BCUT2D eigenvalue weighted by Crippen LogP contribution is -2.29. The number of nitrogens with one attached hydrogen (secondary N) is 1. The summed E-state index contributed by atoms with van der Waals surface area (Å²) in [6.45, 7) is 1.96. The number of rotatable bonds is 2. The number of fused-ring (bicyclic) bond motifs is 2. The molecule has 0 unspecified atom stereocenters. The first-order valence-corrected chi connectivity index (χ1v) is 7.17. The Morgan fingerprint density at radius 2 is 1.90 bits per heavy atom. The first kappa shape index (κ1) is 11.5. The second-order valence-electron chi connectivity index (χ2n) is 5.35. The number of anilines is 1. The molecule has 0 spiro atoms. The average molecular weight is 263 g/mol. The highest BCUT2D eigenvalue weighted by molar-refractivity contribution is 5.74. The molecule has 2 aromatic carbocycles. The fraction of sp³-hybridized carbons (Fsp3) is 0.235. The van der Waals surface area contributed by atoms with Crippen molar-refractivity contribution in [2.45, 2.75) is 19.4 Å². The molecule has 0 saturated carbocycles. The Balaban J connectivity index is 1.66. The van der Waals surface area contributed by atoms with Gasteiger partial charge in [0.15, 0.2) is 0 Å². The summed E-state index contributed by atoms with van der Waals surface area (Å²) in [6, 6.07) is 16.9. The van der Waals surface area contributed by atoms with E-state index in [1.165, 1.54) is 24.1 Å². The van der Waals surface area contributed by atoms with Crippen LogP contribution in [0, 0.1) is 0 Å². The second kappa shape index (κ2) is 4.67. The van der Waals surface area contributed by atoms with Crippen molar-refractivity contribution in [3.05, 3.63) is 59.9 Å². The van der Waals surface area contributed by atoms with Crippen LogP contribution < -0.4 is 4.90 Å². The smallest absolute Gasteiger partial charge is 0.126 e. The number of nitrogens with zero attached hydrogens (tertiary/aromatic N) is 2. The van der Waals surface area contributed by atoms with Crippen LogP contribution in [0.5, 0.6) is 0 Å². The van der Waals surface area contributed by atoms with E-state index in [1.54, 1.807) is 0 Å². The van der Waals surface area contributed by atoms with Crippen LogP contribution in [0.25, 0.3) is 11.0 Å². The van der Waals surface area contributed by atoms with Crippen molar-refractivity contribution in [3.8, 4) is 0 Å². The number of aryl methyl sites for hydroxylation is 1. The van der Waals surface area contributed by atoms with Crippen LogP contribution in [0.3, 0.4) is 0 Å². The fourth-order valence-corrected chi connectivity index (χ4v) is 3.04. The van der Waals surface area contributed by atoms with E-state index in [1.807, 2.05) is 12.1 Å². The van der Waals surface area contributed by atoms with Crippen molar-refractivity contribution in [2.24, 2.45) is 0 Å². The van der Waals surface area contributed by atoms with Gasteiger partial charge in [0.2, 0.25) is 0 Å². The zero-order valence-corrected chi connectivity index (χ0v) is 11.3. The zero-order valence-electron chi connectivity index (χ0n) is 11.3. The van der Waals surface area contributed by atoms with E-state index in [0.717, 1.165) is 29.9 Å². The molecule has 0 aliphatic carbocycles. The molecule has 20 heavy (non-hydrogen) atoms. The minimum atomic E-state index is 0.853. The summed E-state index contributed by atoms with van der Waals surface area (Å²) < 4.78 is 0. The van der Waals surface area contributed by atoms with Crippen molar-refractivity contribution in [1.82, 2.24) is 9.97 Å². The number of hydrogen-bond donors (Lipinski definition) is 1. The van der Waals surface area contributed by atoms with Crippen molar-refractivity contribution in [1.29, 1.82) is 0 Å². The van der Waals surface area contributed by atoms with Crippen LogP contribution in [-0.2, 0) is 13.0 Å². The van der Waals surface area contributed by atoms with E-state index in [-0.39, 0.29) is 0 Å². The van der Waals surface area contributed by atoms with Gasteiger partial charge < -0.3 is 9.88 Å². The van der Waals surface area contributed by atoms with Crippen LogP contribution in [0.1, 0.15) is 17.8 Å². The molecule has 1 aliphatic heterocycles. The lowest BCUT2D eigenvalue weighted by molar-refractivity contribution is 0.678. The van der Waals surface area contributed by atoms with Gasteiger partial charge in [-0.2, -0.15) is 0 Å². The molecule has 3 aromatic rings. The van der Waals surface area contributed by atoms with Gasteiger partial charge >= 0.3 is 0 Å². The molecule has 0 atom stereocenters. The zero-order chi connectivity index (χ0) is 13.4. The van der Waals surface area contributed by atoms with E-state index in [4.69, 9.17) is 0 Å². The van der Waals surface area contributed by atoms with Crippen LogP contribution in [0.2, 0.25) is 0 Å². The average Bonchev–Trinajstić information content (AvgIpc) is 2.90. The minimum absolute atomic E-state index is 0.853.